The molecule has 1 atom stereocenters. The van der Waals surface area contributed by atoms with Gasteiger partial charge >= 0.3 is 12.1 Å². The molecule has 0 radical (unpaired) electrons. The summed E-state index contributed by atoms with van der Waals surface area (Å²) in [5, 5.41) is 5.47. The molecule has 3 aromatic rings. The van der Waals surface area contributed by atoms with E-state index >= 15 is 0 Å². The number of nitrogens with zero attached hydrogens (tertiary/aromatic N) is 2. The van der Waals surface area contributed by atoms with Gasteiger partial charge in [-0.05, 0) is 6.07 Å². The van der Waals surface area contributed by atoms with E-state index in [1.165, 1.54) is 6.92 Å². The minimum Gasteiger partial charge on any atom is -0.422 e. The second-order valence-corrected chi connectivity index (χ2v) is 6.16. The Kier molecular flexibility index (Phi) is 5.03. The van der Waals surface area contributed by atoms with Crippen LogP contribution in [0.3, 0.4) is 0 Å². The number of fused-ring (bicyclic) bond motifs is 1. The van der Waals surface area contributed by atoms with Gasteiger partial charge in [-0.3, -0.25) is 9.48 Å². The van der Waals surface area contributed by atoms with Gasteiger partial charge in [0.25, 0.3) is 0 Å². The van der Waals surface area contributed by atoms with Crippen LogP contribution in [0.15, 0.2) is 66.9 Å². The van der Waals surface area contributed by atoms with Crippen molar-refractivity contribution in [3.05, 3.63) is 66.9 Å². The highest BCUT2D eigenvalue weighted by Gasteiger charge is 2.36. The van der Waals surface area contributed by atoms with E-state index in [2.05, 4.69) is 16.4 Å². The van der Waals surface area contributed by atoms with Gasteiger partial charge in [-0.1, -0.05) is 62.0 Å². The lowest BCUT2D eigenvalue weighted by Gasteiger charge is -2.14. The number of aromatic nitrogens is 2. The molecule has 0 saturated carbocycles. The van der Waals surface area contributed by atoms with Crippen LogP contribution in [0.25, 0.3) is 22.2 Å². The maximum absolute atomic E-state index is 12.5. The Morgan fingerprint density at radius 3 is 2.44 bits per heavy atom. The highest BCUT2D eigenvalue weighted by Crippen LogP contribution is 2.29. The number of ether oxygens (including phenoxy) is 1. The van der Waals surface area contributed by atoms with Gasteiger partial charge in [0.1, 0.15) is 5.69 Å². The molecule has 0 amide bonds. The van der Waals surface area contributed by atoms with E-state index < -0.39 is 23.8 Å². The molecule has 7 heteroatoms. The molecule has 0 aliphatic carbocycles. The van der Waals surface area contributed by atoms with Crippen LogP contribution in [0.4, 0.5) is 13.2 Å². The summed E-state index contributed by atoms with van der Waals surface area (Å²) in [6.45, 7) is 4.33. The minimum absolute atomic E-state index is 0.0807. The first-order valence-corrected chi connectivity index (χ1v) is 8.26. The molecule has 1 heterocycles. The van der Waals surface area contributed by atoms with Crippen molar-refractivity contribution >= 4 is 16.9 Å². The van der Waals surface area contributed by atoms with Crippen molar-refractivity contribution in [2.24, 2.45) is 5.92 Å². The summed E-state index contributed by atoms with van der Waals surface area (Å²) in [7, 11) is 0. The number of hydrogen-bond acceptors (Lipinski definition) is 3. The number of carbonyl (C=O) groups excluding carboxylic acids is 1. The van der Waals surface area contributed by atoms with Crippen molar-refractivity contribution in [1.29, 1.82) is 0 Å². The van der Waals surface area contributed by atoms with E-state index in [9.17, 15) is 18.0 Å². The summed E-state index contributed by atoms with van der Waals surface area (Å²) >= 11 is 0. The van der Waals surface area contributed by atoms with Crippen LogP contribution in [0, 0.1) is 5.92 Å². The molecule has 0 aliphatic rings. The summed E-state index contributed by atoms with van der Waals surface area (Å²) in [6, 6.07) is 17.0. The molecular weight excluding hydrogens is 357 g/mol. The summed E-state index contributed by atoms with van der Waals surface area (Å²) in [4.78, 5) is 12.0. The second kappa shape index (κ2) is 7.26. The van der Waals surface area contributed by atoms with E-state index in [0.29, 0.717) is 0 Å². The lowest BCUT2D eigenvalue weighted by Crippen LogP contribution is -2.24. The van der Waals surface area contributed by atoms with Gasteiger partial charge in [-0.2, -0.15) is 18.3 Å². The molecule has 0 saturated heterocycles. The Bertz CT molecular complexity index is 978. The number of carbonyl (C=O) groups is 1. The summed E-state index contributed by atoms with van der Waals surface area (Å²) in [5.41, 5.74) is 2.44. The number of esters is 1. The summed E-state index contributed by atoms with van der Waals surface area (Å²) < 4.78 is 43.5. The highest BCUT2D eigenvalue weighted by molar-refractivity contribution is 5.93. The van der Waals surface area contributed by atoms with Crippen molar-refractivity contribution < 1.29 is 22.7 Å². The third-order valence-corrected chi connectivity index (χ3v) is 4.09. The zero-order valence-corrected chi connectivity index (χ0v) is 14.5. The van der Waals surface area contributed by atoms with Crippen molar-refractivity contribution in [3.8, 4) is 11.3 Å². The molecule has 3 rings (SSSR count). The Hall–Kier alpha value is -3.09. The first-order valence-electron chi connectivity index (χ1n) is 8.26. The first kappa shape index (κ1) is 18.7. The zero-order chi connectivity index (χ0) is 19.6. The predicted octanol–water partition coefficient (Wildman–Crippen LogP) is 4.96. The number of allylic oxidation sites excluding steroid dienone is 1. The van der Waals surface area contributed by atoms with Gasteiger partial charge in [0.05, 0.1) is 18.0 Å². The second-order valence-electron chi connectivity index (χ2n) is 6.16. The summed E-state index contributed by atoms with van der Waals surface area (Å²) in [5.74, 6) is -3.36. The number of rotatable bonds is 5. The fourth-order valence-corrected chi connectivity index (χ4v) is 2.69. The SMILES string of the molecule is C=C(OC(=O)C(C)Cn1nc(-c2ccccc2)c2ccccc21)C(F)(F)F. The molecule has 0 aliphatic heterocycles. The normalized spacial score (nSPS) is 12.7. The van der Waals surface area contributed by atoms with Crippen molar-refractivity contribution in [2.45, 2.75) is 19.6 Å². The third kappa shape index (κ3) is 4.02. The Morgan fingerprint density at radius 2 is 1.78 bits per heavy atom. The van der Waals surface area contributed by atoms with E-state index in [-0.39, 0.29) is 6.54 Å². The molecular formula is C20H17F3N2O2. The number of para-hydroxylation sites is 1. The van der Waals surface area contributed by atoms with E-state index in [1.54, 1.807) is 4.68 Å². The molecule has 140 valence electrons. The molecule has 1 unspecified atom stereocenters. The molecule has 0 fully saturated rings. The highest BCUT2D eigenvalue weighted by atomic mass is 19.4. The fourth-order valence-electron chi connectivity index (χ4n) is 2.69. The van der Waals surface area contributed by atoms with E-state index in [0.717, 1.165) is 22.2 Å². The number of alkyl halides is 3. The largest absolute Gasteiger partial charge is 0.449 e. The standard InChI is InChI=1S/C20H17F3N2O2/c1-13(19(26)27-14(2)20(21,22)23)12-25-17-11-7-6-10-16(17)18(24-25)15-8-4-3-5-9-15/h3-11,13H,2,12H2,1H3. The van der Waals surface area contributed by atoms with Crippen LogP contribution < -0.4 is 0 Å². The van der Waals surface area contributed by atoms with Crippen LogP contribution in [-0.2, 0) is 16.1 Å². The molecule has 0 bridgehead atoms. The van der Waals surface area contributed by atoms with Gasteiger partial charge in [0, 0.05) is 10.9 Å². The van der Waals surface area contributed by atoms with E-state index in [4.69, 9.17) is 0 Å². The molecule has 0 N–H and O–H groups in total. The van der Waals surface area contributed by atoms with Crippen molar-refractivity contribution in [2.75, 3.05) is 0 Å². The fraction of sp³-hybridized carbons (Fsp3) is 0.200. The van der Waals surface area contributed by atoms with Gasteiger partial charge in [-0.15, -0.1) is 0 Å². The Balaban J connectivity index is 1.87. The van der Waals surface area contributed by atoms with Crippen LogP contribution >= 0.6 is 0 Å². The van der Waals surface area contributed by atoms with Crippen molar-refractivity contribution in [1.82, 2.24) is 9.78 Å². The van der Waals surface area contributed by atoms with E-state index in [1.807, 2.05) is 54.6 Å². The topological polar surface area (TPSA) is 44.1 Å². The smallest absolute Gasteiger partial charge is 0.422 e. The van der Waals surface area contributed by atoms with Crippen molar-refractivity contribution in [3.63, 3.8) is 0 Å². The van der Waals surface area contributed by atoms with Gasteiger partial charge in [0.15, 0.2) is 0 Å². The quantitative estimate of drug-likeness (QED) is 0.468. The predicted molar refractivity (Wildman–Crippen MR) is 95.6 cm³/mol. The third-order valence-electron chi connectivity index (χ3n) is 4.09. The van der Waals surface area contributed by atoms with Gasteiger partial charge in [0.2, 0.25) is 5.76 Å². The average Bonchev–Trinajstić information content (AvgIpc) is 3.00. The lowest BCUT2D eigenvalue weighted by molar-refractivity contribution is -0.163. The average molecular weight is 374 g/mol. The molecule has 0 spiro atoms. The van der Waals surface area contributed by atoms with Crippen LogP contribution in [0.5, 0.6) is 0 Å². The summed E-state index contributed by atoms with van der Waals surface area (Å²) in [6.07, 6.45) is -4.77. The van der Waals surface area contributed by atoms with Crippen LogP contribution in [0.1, 0.15) is 6.92 Å². The number of benzene rings is 2. The minimum atomic E-state index is -4.77. The van der Waals surface area contributed by atoms with Crippen LogP contribution in [0.2, 0.25) is 0 Å². The Morgan fingerprint density at radius 1 is 1.15 bits per heavy atom. The molecule has 4 nitrogen and oxygen atoms in total. The van der Waals surface area contributed by atoms with Gasteiger partial charge < -0.3 is 4.74 Å². The van der Waals surface area contributed by atoms with Gasteiger partial charge in [-0.25, -0.2) is 0 Å². The zero-order valence-electron chi connectivity index (χ0n) is 14.5. The first-order chi connectivity index (χ1) is 12.8. The molecule has 1 aromatic heterocycles. The number of halogens is 3. The molecule has 2 aromatic carbocycles. The Labute approximate surface area is 153 Å². The maximum Gasteiger partial charge on any atom is 0.449 e. The lowest BCUT2D eigenvalue weighted by atomic mass is 10.1. The van der Waals surface area contributed by atoms with Crippen LogP contribution in [-0.4, -0.2) is 21.9 Å². The maximum atomic E-state index is 12.5. The molecule has 27 heavy (non-hydrogen) atoms. The number of hydrogen-bond donors (Lipinski definition) is 0. The monoisotopic (exact) mass is 374 g/mol.